The van der Waals surface area contributed by atoms with Crippen LogP contribution in [0.15, 0.2) is 42.5 Å². The Hall–Kier alpha value is -2.27. The van der Waals surface area contributed by atoms with Crippen molar-refractivity contribution in [2.75, 3.05) is 17.2 Å². The standard InChI is InChI=1S/C14H14ClN3O2/c1-2-16-12-7-13(9-14(8-12)18(19)20)17-11-5-3-10(15)4-6-11/h3-9,16-17H,2H2,1H3. The van der Waals surface area contributed by atoms with E-state index in [2.05, 4.69) is 10.6 Å². The van der Waals surface area contributed by atoms with Crippen LogP contribution in [0.4, 0.5) is 22.7 Å². The van der Waals surface area contributed by atoms with Gasteiger partial charge in [-0.15, -0.1) is 0 Å². The molecule has 2 rings (SSSR count). The summed E-state index contributed by atoms with van der Waals surface area (Å²) >= 11 is 5.82. The van der Waals surface area contributed by atoms with Crippen molar-refractivity contribution in [2.45, 2.75) is 6.92 Å². The summed E-state index contributed by atoms with van der Waals surface area (Å²) < 4.78 is 0. The van der Waals surface area contributed by atoms with Crippen molar-refractivity contribution in [3.05, 3.63) is 57.6 Å². The third kappa shape index (κ3) is 3.61. The van der Waals surface area contributed by atoms with Crippen molar-refractivity contribution >= 4 is 34.4 Å². The van der Waals surface area contributed by atoms with Gasteiger partial charge in [-0.25, -0.2) is 0 Å². The Balaban J connectivity index is 2.29. The quantitative estimate of drug-likeness (QED) is 0.632. The van der Waals surface area contributed by atoms with Crippen molar-refractivity contribution in [3.8, 4) is 0 Å². The molecule has 0 amide bonds. The monoisotopic (exact) mass is 291 g/mol. The molecule has 0 aliphatic heterocycles. The molecule has 0 spiro atoms. The maximum atomic E-state index is 10.9. The number of non-ortho nitro benzene ring substituents is 1. The Morgan fingerprint density at radius 2 is 1.75 bits per heavy atom. The zero-order chi connectivity index (χ0) is 14.5. The topological polar surface area (TPSA) is 67.2 Å². The van der Waals surface area contributed by atoms with E-state index in [0.29, 0.717) is 22.9 Å². The molecule has 2 aromatic rings. The van der Waals surface area contributed by atoms with Crippen LogP contribution in [0, 0.1) is 10.1 Å². The maximum absolute atomic E-state index is 10.9. The summed E-state index contributed by atoms with van der Waals surface area (Å²) in [5.41, 5.74) is 2.22. The predicted octanol–water partition coefficient (Wildman–Crippen LogP) is 4.42. The highest BCUT2D eigenvalue weighted by Crippen LogP contribution is 2.27. The smallest absolute Gasteiger partial charge is 0.273 e. The molecular formula is C14H14ClN3O2. The first-order valence-electron chi connectivity index (χ1n) is 6.14. The molecule has 0 aliphatic carbocycles. The Kier molecular flexibility index (Phi) is 4.42. The lowest BCUT2D eigenvalue weighted by atomic mass is 10.2. The van der Waals surface area contributed by atoms with Crippen LogP contribution in [0.2, 0.25) is 5.02 Å². The van der Waals surface area contributed by atoms with Gasteiger partial charge in [0.05, 0.1) is 4.92 Å². The van der Waals surface area contributed by atoms with E-state index in [4.69, 9.17) is 11.6 Å². The van der Waals surface area contributed by atoms with Crippen LogP contribution in [0.5, 0.6) is 0 Å². The van der Waals surface area contributed by atoms with Crippen LogP contribution < -0.4 is 10.6 Å². The number of nitro groups is 1. The van der Waals surface area contributed by atoms with Crippen molar-refractivity contribution in [1.29, 1.82) is 0 Å². The van der Waals surface area contributed by atoms with E-state index in [1.165, 1.54) is 12.1 Å². The number of nitrogens with zero attached hydrogens (tertiary/aromatic N) is 1. The van der Waals surface area contributed by atoms with Crippen LogP contribution in [0.3, 0.4) is 0 Å². The van der Waals surface area contributed by atoms with E-state index in [9.17, 15) is 10.1 Å². The highest BCUT2D eigenvalue weighted by molar-refractivity contribution is 6.30. The molecule has 0 unspecified atom stereocenters. The fourth-order valence-corrected chi connectivity index (χ4v) is 1.92. The summed E-state index contributed by atoms with van der Waals surface area (Å²) in [5, 5.41) is 17.8. The van der Waals surface area contributed by atoms with Crippen molar-refractivity contribution in [2.24, 2.45) is 0 Å². The molecule has 2 N–H and O–H groups in total. The van der Waals surface area contributed by atoms with E-state index in [0.717, 1.165) is 5.69 Å². The molecule has 0 bridgehead atoms. The number of nitro benzene ring substituents is 1. The van der Waals surface area contributed by atoms with Crippen molar-refractivity contribution in [1.82, 2.24) is 0 Å². The molecular weight excluding hydrogens is 278 g/mol. The summed E-state index contributed by atoms with van der Waals surface area (Å²) in [4.78, 5) is 10.5. The zero-order valence-electron chi connectivity index (χ0n) is 10.9. The van der Waals surface area contributed by atoms with E-state index in [1.807, 2.05) is 25.1 Å². The van der Waals surface area contributed by atoms with Gasteiger partial charge in [-0.3, -0.25) is 10.1 Å². The van der Waals surface area contributed by atoms with Crippen LogP contribution in [0.25, 0.3) is 0 Å². The van der Waals surface area contributed by atoms with Gasteiger partial charge < -0.3 is 10.6 Å². The minimum Gasteiger partial charge on any atom is -0.385 e. The summed E-state index contributed by atoms with van der Waals surface area (Å²) in [6, 6.07) is 12.0. The second-order valence-electron chi connectivity index (χ2n) is 4.19. The van der Waals surface area contributed by atoms with Gasteiger partial charge in [0.25, 0.3) is 5.69 Å². The fraction of sp³-hybridized carbons (Fsp3) is 0.143. The van der Waals surface area contributed by atoms with Crippen molar-refractivity contribution in [3.63, 3.8) is 0 Å². The van der Waals surface area contributed by atoms with Gasteiger partial charge in [0.2, 0.25) is 0 Å². The first-order chi connectivity index (χ1) is 9.58. The van der Waals surface area contributed by atoms with Crippen LogP contribution >= 0.6 is 11.6 Å². The van der Waals surface area contributed by atoms with Gasteiger partial charge in [0, 0.05) is 40.8 Å². The van der Waals surface area contributed by atoms with E-state index in [1.54, 1.807) is 12.1 Å². The average molecular weight is 292 g/mol. The van der Waals surface area contributed by atoms with E-state index in [-0.39, 0.29) is 5.69 Å². The van der Waals surface area contributed by atoms with Crippen LogP contribution in [0.1, 0.15) is 6.92 Å². The Labute approximate surface area is 121 Å². The minimum absolute atomic E-state index is 0.0416. The summed E-state index contributed by atoms with van der Waals surface area (Å²) in [7, 11) is 0. The fourth-order valence-electron chi connectivity index (χ4n) is 1.79. The summed E-state index contributed by atoms with van der Waals surface area (Å²) in [6.45, 7) is 2.63. The number of halogens is 1. The van der Waals surface area contributed by atoms with Crippen molar-refractivity contribution < 1.29 is 4.92 Å². The number of anilines is 3. The molecule has 2 aromatic carbocycles. The molecule has 0 saturated carbocycles. The van der Waals surface area contributed by atoms with E-state index < -0.39 is 4.92 Å². The van der Waals surface area contributed by atoms with Gasteiger partial charge in [-0.2, -0.15) is 0 Å². The molecule has 5 nitrogen and oxygen atoms in total. The molecule has 0 saturated heterocycles. The number of hydrogen-bond donors (Lipinski definition) is 2. The molecule has 20 heavy (non-hydrogen) atoms. The molecule has 0 aromatic heterocycles. The Morgan fingerprint density at radius 1 is 1.10 bits per heavy atom. The highest BCUT2D eigenvalue weighted by atomic mass is 35.5. The van der Waals surface area contributed by atoms with Gasteiger partial charge >= 0.3 is 0 Å². The molecule has 104 valence electrons. The number of rotatable bonds is 5. The lowest BCUT2D eigenvalue weighted by molar-refractivity contribution is -0.384. The number of hydrogen-bond acceptors (Lipinski definition) is 4. The van der Waals surface area contributed by atoms with Crippen LogP contribution in [-0.4, -0.2) is 11.5 Å². The first-order valence-corrected chi connectivity index (χ1v) is 6.52. The third-order valence-corrected chi connectivity index (χ3v) is 2.89. The summed E-state index contributed by atoms with van der Waals surface area (Å²) in [5.74, 6) is 0. The maximum Gasteiger partial charge on any atom is 0.273 e. The van der Waals surface area contributed by atoms with Gasteiger partial charge in [-0.05, 0) is 37.3 Å². The van der Waals surface area contributed by atoms with Gasteiger partial charge in [-0.1, -0.05) is 11.6 Å². The van der Waals surface area contributed by atoms with Gasteiger partial charge in [0.1, 0.15) is 0 Å². The Bertz CT molecular complexity index is 614. The van der Waals surface area contributed by atoms with E-state index >= 15 is 0 Å². The van der Waals surface area contributed by atoms with Crippen LogP contribution in [-0.2, 0) is 0 Å². The number of benzene rings is 2. The second-order valence-corrected chi connectivity index (χ2v) is 4.62. The molecule has 0 fully saturated rings. The molecule has 6 heteroatoms. The largest absolute Gasteiger partial charge is 0.385 e. The Morgan fingerprint density at radius 3 is 2.35 bits per heavy atom. The lowest BCUT2D eigenvalue weighted by Gasteiger charge is -2.09. The normalized spacial score (nSPS) is 10.1. The predicted molar refractivity (Wildman–Crippen MR) is 82.0 cm³/mol. The first kappa shape index (κ1) is 14.1. The number of nitrogens with one attached hydrogen (secondary N) is 2. The lowest BCUT2D eigenvalue weighted by Crippen LogP contribution is -2.00. The highest BCUT2D eigenvalue weighted by Gasteiger charge is 2.09. The summed E-state index contributed by atoms with van der Waals surface area (Å²) in [6.07, 6.45) is 0. The molecule has 0 atom stereocenters. The zero-order valence-corrected chi connectivity index (χ0v) is 11.6. The molecule has 0 radical (unpaired) electrons. The minimum atomic E-state index is -0.409. The third-order valence-electron chi connectivity index (χ3n) is 2.64. The molecule has 0 aliphatic rings. The average Bonchev–Trinajstić information content (AvgIpc) is 2.41. The van der Waals surface area contributed by atoms with Gasteiger partial charge in [0.15, 0.2) is 0 Å². The SMILES string of the molecule is CCNc1cc(Nc2ccc(Cl)cc2)cc([N+](=O)[O-])c1. The second kappa shape index (κ2) is 6.25. The molecule has 0 heterocycles.